The van der Waals surface area contributed by atoms with Gasteiger partial charge in [0.25, 0.3) is 0 Å². The molecule has 53 heavy (non-hydrogen) atoms. The number of carbonyl (C=O) groups is 2. The van der Waals surface area contributed by atoms with Crippen LogP contribution >= 0.6 is 11.6 Å². The number of rotatable bonds is 14. The molecule has 0 aliphatic carbocycles. The summed E-state index contributed by atoms with van der Waals surface area (Å²) >= 11 is 6.08. The van der Waals surface area contributed by atoms with Gasteiger partial charge in [0, 0.05) is 55.2 Å². The van der Waals surface area contributed by atoms with Gasteiger partial charge in [-0.3, -0.25) is 9.59 Å². The third-order valence-corrected chi connectivity index (χ3v) is 10.4. The lowest BCUT2D eigenvalue weighted by atomic mass is 9.84. The van der Waals surface area contributed by atoms with Crippen LogP contribution in [0.5, 0.6) is 0 Å². The molecule has 3 unspecified atom stereocenters. The largest absolute Gasteiger partial charge is 0.397 e. The number of amides is 2. The highest BCUT2D eigenvalue weighted by atomic mass is 35.5. The molecule has 2 aliphatic heterocycles. The monoisotopic (exact) mass is 740 g/mol. The van der Waals surface area contributed by atoms with E-state index < -0.39 is 11.9 Å². The summed E-state index contributed by atoms with van der Waals surface area (Å²) in [7, 11) is 0. The first kappa shape index (κ1) is 38.4. The van der Waals surface area contributed by atoms with Crippen LogP contribution in [-0.2, 0) is 31.3 Å². The number of hydrogen-bond acceptors (Lipinski definition) is 8. The Bertz CT molecular complexity index is 1800. The number of para-hydroxylation sites is 2. The molecule has 11 heteroatoms. The van der Waals surface area contributed by atoms with E-state index in [0.29, 0.717) is 73.6 Å². The average molecular weight is 741 g/mol. The minimum Gasteiger partial charge on any atom is -0.397 e. The number of piperidine rings is 1. The molecule has 0 bridgehead atoms. The minimum absolute atomic E-state index is 0.0233. The number of aliphatic hydroxyl groups is 2. The first-order valence-electron chi connectivity index (χ1n) is 18.4. The summed E-state index contributed by atoms with van der Waals surface area (Å²) in [6.45, 7) is 2.13. The molecule has 3 atom stereocenters. The molecule has 6 rings (SSSR count). The molecule has 2 amide bonds. The summed E-state index contributed by atoms with van der Waals surface area (Å²) < 4.78 is 13.1. The van der Waals surface area contributed by atoms with Crippen LogP contribution < -0.4 is 16.4 Å². The van der Waals surface area contributed by atoms with Crippen molar-refractivity contribution in [3.05, 3.63) is 124 Å². The zero-order chi connectivity index (χ0) is 37.2. The molecule has 2 heterocycles. The smallest absolute Gasteiger partial charge is 0.224 e. The molecule has 280 valence electrons. The molecule has 0 aromatic heterocycles. The number of anilines is 3. The fourth-order valence-corrected chi connectivity index (χ4v) is 7.12. The van der Waals surface area contributed by atoms with Crippen LogP contribution in [0.3, 0.4) is 0 Å². The van der Waals surface area contributed by atoms with E-state index in [9.17, 15) is 19.8 Å². The van der Waals surface area contributed by atoms with Gasteiger partial charge in [-0.05, 0) is 78.8 Å². The predicted molar refractivity (Wildman–Crippen MR) is 207 cm³/mol. The van der Waals surface area contributed by atoms with Crippen LogP contribution in [0.15, 0.2) is 97.1 Å². The van der Waals surface area contributed by atoms with Crippen molar-refractivity contribution in [2.75, 3.05) is 36.0 Å². The van der Waals surface area contributed by atoms with E-state index in [1.165, 1.54) is 0 Å². The highest BCUT2D eigenvalue weighted by Crippen LogP contribution is 2.40. The van der Waals surface area contributed by atoms with Crippen LogP contribution in [-0.4, -0.2) is 52.7 Å². The van der Waals surface area contributed by atoms with Crippen molar-refractivity contribution in [1.29, 1.82) is 0 Å². The summed E-state index contributed by atoms with van der Waals surface area (Å²) in [5.41, 5.74) is 10.4. The van der Waals surface area contributed by atoms with E-state index in [4.69, 9.17) is 26.8 Å². The Kier molecular flexibility index (Phi) is 13.2. The van der Waals surface area contributed by atoms with E-state index in [0.717, 1.165) is 41.8 Å². The number of ether oxygens (including phenoxy) is 2. The zero-order valence-corrected chi connectivity index (χ0v) is 30.6. The molecular weight excluding hydrogens is 692 g/mol. The van der Waals surface area contributed by atoms with Gasteiger partial charge in [-0.15, -0.1) is 0 Å². The van der Waals surface area contributed by atoms with Gasteiger partial charge in [-0.1, -0.05) is 78.7 Å². The van der Waals surface area contributed by atoms with E-state index in [1.54, 1.807) is 12.1 Å². The summed E-state index contributed by atoms with van der Waals surface area (Å²) in [5, 5.41) is 27.4. The molecular formula is C42H49ClN4O6. The highest BCUT2D eigenvalue weighted by Gasteiger charge is 2.37. The summed E-state index contributed by atoms with van der Waals surface area (Å²) in [6.07, 6.45) is 3.76. The number of hydrogen-bond donors (Lipinski definition) is 5. The molecule has 6 N–H and O–H groups in total. The van der Waals surface area contributed by atoms with Gasteiger partial charge >= 0.3 is 0 Å². The number of nitrogen functional groups attached to an aromatic ring is 1. The number of nitrogens with two attached hydrogens (primary N) is 1. The Morgan fingerprint density at radius 2 is 1.45 bits per heavy atom. The number of nitrogens with zero attached hydrogens (tertiary/aromatic N) is 1. The van der Waals surface area contributed by atoms with Crippen LogP contribution in [0.4, 0.5) is 17.1 Å². The van der Waals surface area contributed by atoms with Gasteiger partial charge in [0.05, 0.1) is 35.8 Å². The third-order valence-electron chi connectivity index (χ3n) is 10.2. The van der Waals surface area contributed by atoms with Crippen LogP contribution in [0.2, 0.25) is 5.02 Å². The van der Waals surface area contributed by atoms with Gasteiger partial charge in [-0.2, -0.15) is 0 Å². The van der Waals surface area contributed by atoms with Crippen LogP contribution in [0.1, 0.15) is 86.0 Å². The Hall–Kier alpha value is -4.29. The van der Waals surface area contributed by atoms with E-state index in [1.807, 2.05) is 84.9 Å². The molecule has 4 aromatic carbocycles. The van der Waals surface area contributed by atoms with Crippen molar-refractivity contribution in [3.63, 3.8) is 0 Å². The zero-order valence-electron chi connectivity index (χ0n) is 29.9. The number of nitrogens with one attached hydrogen (secondary N) is 2. The van der Waals surface area contributed by atoms with Crippen molar-refractivity contribution in [2.45, 2.75) is 82.1 Å². The molecule has 10 nitrogen and oxygen atoms in total. The first-order chi connectivity index (χ1) is 25.7. The second kappa shape index (κ2) is 18.2. The first-order valence-corrected chi connectivity index (χ1v) is 18.8. The number of unbranched alkanes of at least 4 members (excludes halogenated alkanes) is 2. The number of aliphatic hydroxyl groups excluding tert-OH is 1. The maximum Gasteiger partial charge on any atom is 0.224 e. The lowest BCUT2D eigenvalue weighted by Crippen LogP contribution is -2.46. The molecule has 0 radical (unpaired) electrons. The van der Waals surface area contributed by atoms with Crippen molar-refractivity contribution >= 4 is 40.5 Å². The topological polar surface area (TPSA) is 146 Å². The molecule has 0 spiro atoms. The van der Waals surface area contributed by atoms with Gasteiger partial charge < -0.3 is 41.0 Å². The molecule has 2 saturated heterocycles. The van der Waals surface area contributed by atoms with E-state index >= 15 is 0 Å². The number of halogens is 1. The van der Waals surface area contributed by atoms with Crippen molar-refractivity contribution < 1.29 is 29.3 Å². The van der Waals surface area contributed by atoms with E-state index in [-0.39, 0.29) is 30.6 Å². The van der Waals surface area contributed by atoms with Crippen molar-refractivity contribution in [3.8, 4) is 0 Å². The average Bonchev–Trinajstić information content (AvgIpc) is 3.17. The lowest BCUT2D eigenvalue weighted by molar-refractivity contribution is -0.253. The molecule has 2 fully saturated rings. The van der Waals surface area contributed by atoms with Gasteiger partial charge in [0.2, 0.25) is 11.8 Å². The maximum absolute atomic E-state index is 12.7. The SMILES string of the molecule is Nc1ccccc1NC(=O)CCCCCC(=O)Nc1ccc(C2OC(CN3CCC(O)(c4ccc(Cl)cc4)CC3)CC(c3ccc(CO)cc3)O2)cc1. The summed E-state index contributed by atoms with van der Waals surface area (Å²) in [4.78, 5) is 27.3. The van der Waals surface area contributed by atoms with E-state index in [2.05, 4.69) is 15.5 Å². The van der Waals surface area contributed by atoms with Gasteiger partial charge in [-0.25, -0.2) is 0 Å². The second-order valence-electron chi connectivity index (χ2n) is 14.1. The Morgan fingerprint density at radius 1 is 0.811 bits per heavy atom. The lowest BCUT2D eigenvalue weighted by Gasteiger charge is -2.42. The Labute approximate surface area is 316 Å². The molecule has 0 saturated carbocycles. The molecule has 2 aliphatic rings. The van der Waals surface area contributed by atoms with Crippen molar-refractivity contribution in [1.82, 2.24) is 4.90 Å². The Morgan fingerprint density at radius 3 is 2.11 bits per heavy atom. The summed E-state index contributed by atoms with van der Waals surface area (Å²) in [6, 6.07) is 30.0. The van der Waals surface area contributed by atoms with Gasteiger partial charge in [0.1, 0.15) is 0 Å². The normalized spacial score (nSPS) is 20.1. The second-order valence-corrected chi connectivity index (χ2v) is 14.5. The number of carbonyl (C=O) groups excluding carboxylic acids is 2. The molecule has 4 aromatic rings. The quantitative estimate of drug-likeness (QED) is 0.0661. The fourth-order valence-electron chi connectivity index (χ4n) is 6.99. The van der Waals surface area contributed by atoms with Gasteiger partial charge in [0.15, 0.2) is 6.29 Å². The Balaban J connectivity index is 1.01. The fraction of sp³-hybridized carbons (Fsp3) is 0.381. The predicted octanol–water partition coefficient (Wildman–Crippen LogP) is 7.47. The minimum atomic E-state index is -0.884. The third kappa shape index (κ3) is 10.7. The standard InChI is InChI=1S/C42H49ClN4O6/c43-33-18-16-32(17-19-33)42(51)22-24-47(25-23-42)27-35-26-38(30-12-10-29(28-48)11-13-30)53-41(52-35)31-14-20-34(21-15-31)45-39(49)8-2-1-3-9-40(50)46-37-7-5-4-6-36(37)44/h4-7,10-21,35,38,41,48,51H,1-3,8-9,22-28,44H2,(H,45,49)(H,46,50). The van der Waals surface area contributed by atoms with Crippen LogP contribution in [0.25, 0.3) is 0 Å². The maximum atomic E-state index is 12.7. The van der Waals surface area contributed by atoms with Crippen LogP contribution in [0, 0.1) is 0 Å². The van der Waals surface area contributed by atoms with Crippen molar-refractivity contribution in [2.24, 2.45) is 0 Å². The highest BCUT2D eigenvalue weighted by molar-refractivity contribution is 6.30. The number of benzene rings is 4. The number of likely N-dealkylation sites (tertiary alicyclic amines) is 1. The summed E-state index contributed by atoms with van der Waals surface area (Å²) in [5.74, 6) is -0.175.